The first-order valence-corrected chi connectivity index (χ1v) is 9.25. The molecule has 1 aliphatic heterocycles. The van der Waals surface area contributed by atoms with E-state index in [1.54, 1.807) is 14.2 Å². The first-order chi connectivity index (χ1) is 11.0. The third-order valence-corrected chi connectivity index (χ3v) is 7.13. The van der Waals surface area contributed by atoms with E-state index in [0.29, 0.717) is 0 Å². The molecule has 0 unspecified atom stereocenters. The van der Waals surface area contributed by atoms with Gasteiger partial charge in [-0.25, -0.2) is 0 Å². The highest BCUT2D eigenvalue weighted by Gasteiger charge is 2.36. The molecule has 2 aromatic carbocycles. The third kappa shape index (κ3) is 3.22. The molecule has 0 radical (unpaired) electrons. The van der Waals surface area contributed by atoms with Crippen LogP contribution >= 0.6 is 21.4 Å². The topological polar surface area (TPSA) is 27.7 Å². The number of fused-ring (bicyclic) bond motifs is 1. The van der Waals surface area contributed by atoms with Gasteiger partial charge in [0.1, 0.15) is 23.6 Å². The number of methoxy groups -OCH3 is 2. The van der Waals surface area contributed by atoms with Gasteiger partial charge in [-0.05, 0) is 31.3 Å². The summed E-state index contributed by atoms with van der Waals surface area (Å²) < 4.78 is 17.2. The van der Waals surface area contributed by atoms with Crippen molar-refractivity contribution in [3.63, 3.8) is 0 Å². The second-order valence-corrected chi connectivity index (χ2v) is 9.47. The van der Waals surface area contributed by atoms with Crippen molar-refractivity contribution in [1.82, 2.24) is 0 Å². The van der Waals surface area contributed by atoms with E-state index in [-0.39, 0.29) is 18.7 Å². The fraction of sp³-hybridized carbons (Fsp3) is 0.368. The Labute approximate surface area is 152 Å². The van der Waals surface area contributed by atoms with Crippen molar-refractivity contribution in [1.29, 1.82) is 0 Å². The van der Waals surface area contributed by atoms with Crippen molar-refractivity contribution in [3.05, 3.63) is 36.4 Å². The Hall–Kier alpha value is -1.38. The second-order valence-electron chi connectivity index (χ2n) is 6.56. The molecule has 0 saturated heterocycles. The lowest BCUT2D eigenvalue weighted by Gasteiger charge is -2.28. The first kappa shape index (κ1) is 19.0. The maximum Gasteiger partial charge on any atom is 0.130 e. The van der Waals surface area contributed by atoms with Crippen molar-refractivity contribution >= 4 is 26.7 Å². The molecule has 0 amide bonds. The standard InChI is InChI=1S/C19H23O3P.H2S/c1-19(2,3)23-12-22-16-11-6-8-13(18(16)23)17-14(20-4)9-7-10-15(17)21-5;/h6-11H,12H2,1-5H3;1H2/t23-;/m1./s1. The Morgan fingerprint density at radius 3 is 2.08 bits per heavy atom. The van der Waals surface area contributed by atoms with Gasteiger partial charge in [0.05, 0.1) is 19.8 Å². The summed E-state index contributed by atoms with van der Waals surface area (Å²) in [6, 6.07) is 12.2. The Balaban J connectivity index is 0.00000208. The maximum absolute atomic E-state index is 5.99. The number of hydrogen-bond acceptors (Lipinski definition) is 3. The number of benzene rings is 2. The molecule has 0 aliphatic carbocycles. The van der Waals surface area contributed by atoms with Crippen LogP contribution in [0.25, 0.3) is 11.1 Å². The van der Waals surface area contributed by atoms with Gasteiger partial charge in [-0.15, -0.1) is 0 Å². The monoisotopic (exact) mass is 364 g/mol. The minimum atomic E-state index is -0.415. The van der Waals surface area contributed by atoms with Crippen molar-refractivity contribution in [2.75, 3.05) is 20.6 Å². The lowest BCUT2D eigenvalue weighted by molar-refractivity contribution is 0.397. The molecule has 5 heteroatoms. The highest BCUT2D eigenvalue weighted by molar-refractivity contribution is 7.67. The summed E-state index contributed by atoms with van der Waals surface area (Å²) >= 11 is 0. The van der Waals surface area contributed by atoms with E-state index in [1.165, 1.54) is 5.30 Å². The van der Waals surface area contributed by atoms with Gasteiger partial charge in [0.2, 0.25) is 0 Å². The average molecular weight is 364 g/mol. The molecule has 0 fully saturated rings. The van der Waals surface area contributed by atoms with Gasteiger partial charge in [0.25, 0.3) is 0 Å². The van der Waals surface area contributed by atoms with Crippen molar-refractivity contribution in [2.45, 2.75) is 25.9 Å². The maximum atomic E-state index is 5.99. The fourth-order valence-electron chi connectivity index (χ4n) is 2.96. The van der Waals surface area contributed by atoms with Crippen LogP contribution in [0.15, 0.2) is 36.4 Å². The van der Waals surface area contributed by atoms with Crippen molar-refractivity contribution in [3.8, 4) is 28.4 Å². The quantitative estimate of drug-likeness (QED) is 0.737. The molecular formula is C19H25O3PS. The predicted molar refractivity (Wildman–Crippen MR) is 107 cm³/mol. The van der Waals surface area contributed by atoms with Gasteiger partial charge in [0.15, 0.2) is 0 Å². The fourth-order valence-corrected chi connectivity index (χ4v) is 5.30. The number of rotatable bonds is 3. The molecule has 0 N–H and O–H groups in total. The molecule has 0 saturated carbocycles. The van der Waals surface area contributed by atoms with Crippen LogP contribution in [-0.2, 0) is 0 Å². The molecule has 0 spiro atoms. The average Bonchev–Trinajstić information content (AvgIpc) is 2.98. The summed E-state index contributed by atoms with van der Waals surface area (Å²) in [6.07, 6.45) is 0.780. The van der Waals surface area contributed by atoms with Gasteiger partial charge in [-0.2, -0.15) is 13.5 Å². The molecule has 1 heterocycles. The Morgan fingerprint density at radius 2 is 1.54 bits per heavy atom. The van der Waals surface area contributed by atoms with Crippen molar-refractivity contribution in [2.24, 2.45) is 0 Å². The first-order valence-electron chi connectivity index (χ1n) is 7.72. The van der Waals surface area contributed by atoms with E-state index in [9.17, 15) is 0 Å². The van der Waals surface area contributed by atoms with Crippen LogP contribution in [0.3, 0.4) is 0 Å². The summed E-state index contributed by atoms with van der Waals surface area (Å²) in [4.78, 5) is 0. The molecule has 0 aromatic heterocycles. The molecule has 3 nitrogen and oxygen atoms in total. The molecule has 24 heavy (non-hydrogen) atoms. The normalized spacial score (nSPS) is 16.0. The molecule has 130 valence electrons. The second kappa shape index (κ2) is 7.25. The summed E-state index contributed by atoms with van der Waals surface area (Å²) in [5, 5.41) is 1.50. The van der Waals surface area contributed by atoms with Gasteiger partial charge in [0, 0.05) is 10.9 Å². The van der Waals surface area contributed by atoms with Crippen LogP contribution in [0.4, 0.5) is 0 Å². The molecule has 3 rings (SSSR count). The minimum Gasteiger partial charge on any atom is -0.496 e. The SMILES string of the molecule is COc1cccc(OC)c1-c1cccc2c1[P@](C(C)(C)C)CO2.S. The van der Waals surface area contributed by atoms with E-state index in [0.717, 1.165) is 34.7 Å². The summed E-state index contributed by atoms with van der Waals surface area (Å²) in [7, 11) is 2.98. The van der Waals surface area contributed by atoms with Crippen LogP contribution in [0, 0.1) is 0 Å². The van der Waals surface area contributed by atoms with E-state index in [1.807, 2.05) is 24.3 Å². The molecule has 0 bridgehead atoms. The van der Waals surface area contributed by atoms with Gasteiger partial charge in [-0.1, -0.05) is 39.0 Å². The van der Waals surface area contributed by atoms with Gasteiger partial charge >= 0.3 is 0 Å². The Bertz CT molecular complexity index is 703. The predicted octanol–water partition coefficient (Wildman–Crippen LogP) is 4.74. The molecular weight excluding hydrogens is 339 g/mol. The van der Waals surface area contributed by atoms with E-state index in [4.69, 9.17) is 14.2 Å². The highest BCUT2D eigenvalue weighted by atomic mass is 32.1. The van der Waals surface area contributed by atoms with Crippen LogP contribution < -0.4 is 19.5 Å². The smallest absolute Gasteiger partial charge is 0.130 e. The van der Waals surface area contributed by atoms with Crippen LogP contribution in [-0.4, -0.2) is 25.7 Å². The van der Waals surface area contributed by atoms with Crippen molar-refractivity contribution < 1.29 is 14.2 Å². The largest absolute Gasteiger partial charge is 0.496 e. The summed E-state index contributed by atoms with van der Waals surface area (Å²) in [6.45, 7) is 6.86. The molecule has 1 aliphatic rings. The third-order valence-electron chi connectivity index (χ3n) is 4.12. The molecule has 1 atom stereocenters. The van der Waals surface area contributed by atoms with Gasteiger partial charge in [-0.3, -0.25) is 0 Å². The summed E-state index contributed by atoms with van der Waals surface area (Å²) in [5.74, 6) is 2.65. The van der Waals surface area contributed by atoms with E-state index < -0.39 is 7.92 Å². The zero-order valence-electron chi connectivity index (χ0n) is 14.8. The van der Waals surface area contributed by atoms with Crippen LogP contribution in [0.2, 0.25) is 0 Å². The van der Waals surface area contributed by atoms with E-state index >= 15 is 0 Å². The minimum absolute atomic E-state index is 0. The number of hydrogen-bond donors (Lipinski definition) is 0. The lowest BCUT2D eigenvalue weighted by atomic mass is 10.0. The Morgan fingerprint density at radius 1 is 0.958 bits per heavy atom. The summed E-state index contributed by atoms with van der Waals surface area (Å²) in [5.41, 5.74) is 2.17. The number of ether oxygens (including phenoxy) is 3. The zero-order valence-corrected chi connectivity index (χ0v) is 16.7. The van der Waals surface area contributed by atoms with Gasteiger partial charge < -0.3 is 14.2 Å². The van der Waals surface area contributed by atoms with Crippen LogP contribution in [0.5, 0.6) is 17.2 Å². The Kier molecular flexibility index (Phi) is 5.72. The van der Waals surface area contributed by atoms with E-state index in [2.05, 4.69) is 32.9 Å². The zero-order chi connectivity index (χ0) is 16.6. The lowest BCUT2D eigenvalue weighted by Crippen LogP contribution is -2.19. The van der Waals surface area contributed by atoms with Crippen LogP contribution in [0.1, 0.15) is 20.8 Å². The highest BCUT2D eigenvalue weighted by Crippen LogP contribution is 2.56. The molecule has 2 aromatic rings.